The van der Waals surface area contributed by atoms with Gasteiger partial charge in [-0.15, -0.1) is 0 Å². The molecule has 0 aromatic heterocycles. The molecule has 1 atom stereocenters. The van der Waals surface area contributed by atoms with Crippen LogP contribution in [0.25, 0.3) is 0 Å². The van der Waals surface area contributed by atoms with Crippen LogP contribution in [0.3, 0.4) is 0 Å². The molecular weight excluding hydrogens is 254 g/mol. The second kappa shape index (κ2) is 5.19. The molecule has 1 unspecified atom stereocenters. The van der Waals surface area contributed by atoms with E-state index in [-0.39, 0.29) is 17.4 Å². The van der Waals surface area contributed by atoms with Crippen molar-refractivity contribution in [1.29, 1.82) is 0 Å². The van der Waals surface area contributed by atoms with E-state index in [2.05, 4.69) is 20.4 Å². The van der Waals surface area contributed by atoms with E-state index in [4.69, 9.17) is 9.47 Å². The van der Waals surface area contributed by atoms with E-state index in [1.54, 1.807) is 14.2 Å². The van der Waals surface area contributed by atoms with E-state index in [9.17, 15) is 4.79 Å². The Morgan fingerprint density at radius 2 is 2.00 bits per heavy atom. The van der Waals surface area contributed by atoms with Gasteiger partial charge in [-0.3, -0.25) is 4.79 Å². The predicted molar refractivity (Wildman–Crippen MR) is 78.0 cm³/mol. The van der Waals surface area contributed by atoms with Crippen molar-refractivity contribution in [3.63, 3.8) is 0 Å². The van der Waals surface area contributed by atoms with Crippen LogP contribution in [0, 0.1) is 5.41 Å². The number of nitrogens with zero attached hydrogens (tertiary/aromatic N) is 1. The van der Waals surface area contributed by atoms with Crippen molar-refractivity contribution in [3.05, 3.63) is 36.4 Å². The quantitative estimate of drug-likeness (QED) is 0.793. The number of rotatable bonds is 4. The van der Waals surface area contributed by atoms with E-state index in [0.717, 1.165) is 12.1 Å². The minimum atomic E-state index is -0.0379. The molecule has 0 aliphatic carbocycles. The molecule has 1 amide bonds. The molecule has 0 N–H and O–H groups in total. The van der Waals surface area contributed by atoms with E-state index >= 15 is 0 Å². The van der Waals surface area contributed by atoms with Crippen molar-refractivity contribution < 1.29 is 14.3 Å². The van der Waals surface area contributed by atoms with E-state index in [1.165, 1.54) is 6.08 Å². The van der Waals surface area contributed by atoms with Crippen molar-refractivity contribution in [3.8, 4) is 11.5 Å². The third kappa shape index (κ3) is 2.26. The van der Waals surface area contributed by atoms with Crippen LogP contribution in [0.1, 0.15) is 25.5 Å². The van der Waals surface area contributed by atoms with Crippen LogP contribution in [0.5, 0.6) is 11.5 Å². The molecule has 2 rings (SSSR count). The molecule has 1 aliphatic rings. The first kappa shape index (κ1) is 14.4. The Kier molecular flexibility index (Phi) is 3.75. The van der Waals surface area contributed by atoms with Crippen molar-refractivity contribution >= 4 is 5.91 Å². The van der Waals surface area contributed by atoms with Crippen molar-refractivity contribution in [1.82, 2.24) is 4.90 Å². The summed E-state index contributed by atoms with van der Waals surface area (Å²) in [6, 6.07) is 5.83. The first-order valence-corrected chi connectivity index (χ1v) is 6.59. The van der Waals surface area contributed by atoms with Crippen LogP contribution in [0.2, 0.25) is 0 Å². The average molecular weight is 275 g/mol. The smallest absolute Gasteiger partial charge is 0.246 e. The molecule has 0 bridgehead atoms. The first-order valence-electron chi connectivity index (χ1n) is 6.59. The first-order chi connectivity index (χ1) is 9.44. The lowest BCUT2D eigenvalue weighted by Crippen LogP contribution is -2.57. The van der Waals surface area contributed by atoms with Gasteiger partial charge in [-0.25, -0.2) is 0 Å². The van der Waals surface area contributed by atoms with Gasteiger partial charge < -0.3 is 14.4 Å². The highest BCUT2D eigenvalue weighted by atomic mass is 16.5. The van der Waals surface area contributed by atoms with Crippen molar-refractivity contribution in [2.24, 2.45) is 5.41 Å². The van der Waals surface area contributed by atoms with Gasteiger partial charge in [0.05, 0.1) is 20.3 Å². The maximum Gasteiger partial charge on any atom is 0.246 e. The summed E-state index contributed by atoms with van der Waals surface area (Å²) in [5.41, 5.74) is 1.09. The third-order valence-electron chi connectivity index (χ3n) is 3.81. The molecule has 1 aliphatic heterocycles. The lowest BCUT2D eigenvalue weighted by Gasteiger charge is -2.54. The molecule has 4 nitrogen and oxygen atoms in total. The second-order valence-corrected chi connectivity index (χ2v) is 5.68. The van der Waals surface area contributed by atoms with Gasteiger partial charge in [-0.2, -0.15) is 0 Å². The molecule has 0 saturated carbocycles. The van der Waals surface area contributed by atoms with Crippen LogP contribution in [-0.4, -0.2) is 31.6 Å². The zero-order valence-electron chi connectivity index (χ0n) is 12.5. The second-order valence-electron chi connectivity index (χ2n) is 5.68. The number of hydrogen-bond donors (Lipinski definition) is 0. The summed E-state index contributed by atoms with van der Waals surface area (Å²) in [6.07, 6.45) is 1.36. The number of carbonyl (C=O) groups excluding carboxylic acids is 1. The fourth-order valence-electron chi connectivity index (χ4n) is 2.90. The molecular formula is C16H21NO3. The zero-order valence-corrected chi connectivity index (χ0v) is 12.5. The number of benzene rings is 1. The molecule has 4 heteroatoms. The van der Waals surface area contributed by atoms with E-state index < -0.39 is 0 Å². The summed E-state index contributed by atoms with van der Waals surface area (Å²) in [5.74, 6) is 1.33. The van der Waals surface area contributed by atoms with Gasteiger partial charge in [0.15, 0.2) is 11.5 Å². The number of hydrogen-bond acceptors (Lipinski definition) is 3. The Morgan fingerprint density at radius 1 is 1.35 bits per heavy atom. The van der Waals surface area contributed by atoms with E-state index in [1.807, 2.05) is 23.1 Å². The lowest BCUT2D eigenvalue weighted by molar-refractivity contribution is -0.146. The van der Waals surface area contributed by atoms with Crippen LogP contribution in [0.4, 0.5) is 0 Å². The van der Waals surface area contributed by atoms with Crippen molar-refractivity contribution in [2.75, 3.05) is 20.8 Å². The summed E-state index contributed by atoms with van der Waals surface area (Å²) in [7, 11) is 3.22. The maximum atomic E-state index is 11.9. The largest absolute Gasteiger partial charge is 0.493 e. The highest BCUT2D eigenvalue weighted by Crippen LogP contribution is 2.49. The fourth-order valence-corrected chi connectivity index (χ4v) is 2.90. The SMILES string of the molecule is C=CC(=O)N1CC(C)(C)C1c1ccc(OC)c(OC)c1. The standard InChI is InChI=1S/C16H21NO3/c1-6-14(18)17-10-16(2,3)15(17)11-7-8-12(19-4)13(9-11)20-5/h6-9,15H,1,10H2,2-5H3. The molecule has 1 aromatic carbocycles. The third-order valence-corrected chi connectivity index (χ3v) is 3.81. The van der Waals surface area contributed by atoms with E-state index in [0.29, 0.717) is 11.5 Å². The average Bonchev–Trinajstić information content (AvgIpc) is 2.44. The van der Waals surface area contributed by atoms with Gasteiger partial charge in [0.25, 0.3) is 0 Å². The molecule has 108 valence electrons. The summed E-state index contributed by atoms with van der Waals surface area (Å²) in [6.45, 7) is 8.61. The Labute approximate surface area is 120 Å². The summed E-state index contributed by atoms with van der Waals surface area (Å²) in [4.78, 5) is 13.7. The molecule has 1 fully saturated rings. The fraction of sp³-hybridized carbons (Fsp3) is 0.438. The lowest BCUT2D eigenvalue weighted by atomic mass is 9.71. The summed E-state index contributed by atoms with van der Waals surface area (Å²) >= 11 is 0. The molecule has 1 aromatic rings. The van der Waals surface area contributed by atoms with Crippen LogP contribution < -0.4 is 9.47 Å². The predicted octanol–water partition coefficient (Wildman–Crippen LogP) is 2.80. The molecule has 1 heterocycles. The van der Waals surface area contributed by atoms with Gasteiger partial charge in [-0.1, -0.05) is 26.5 Å². The number of likely N-dealkylation sites (tertiary alicyclic amines) is 1. The van der Waals surface area contributed by atoms with Crippen LogP contribution >= 0.6 is 0 Å². The maximum absolute atomic E-state index is 11.9. The zero-order chi connectivity index (χ0) is 14.9. The molecule has 20 heavy (non-hydrogen) atoms. The highest BCUT2D eigenvalue weighted by molar-refractivity contribution is 5.88. The number of methoxy groups -OCH3 is 2. The Hall–Kier alpha value is -1.97. The van der Waals surface area contributed by atoms with Gasteiger partial charge in [-0.05, 0) is 23.8 Å². The highest BCUT2D eigenvalue weighted by Gasteiger charge is 2.48. The minimum Gasteiger partial charge on any atom is -0.493 e. The topological polar surface area (TPSA) is 38.8 Å². The Morgan fingerprint density at radius 3 is 2.50 bits per heavy atom. The number of amides is 1. The van der Waals surface area contributed by atoms with Gasteiger partial charge in [0.1, 0.15) is 0 Å². The van der Waals surface area contributed by atoms with Gasteiger partial charge >= 0.3 is 0 Å². The normalized spacial score (nSPS) is 20.0. The van der Waals surface area contributed by atoms with Crippen LogP contribution in [-0.2, 0) is 4.79 Å². The van der Waals surface area contributed by atoms with Gasteiger partial charge in [0.2, 0.25) is 5.91 Å². The van der Waals surface area contributed by atoms with Gasteiger partial charge in [0, 0.05) is 12.0 Å². The van der Waals surface area contributed by atoms with Crippen LogP contribution in [0.15, 0.2) is 30.9 Å². The molecule has 0 radical (unpaired) electrons. The molecule has 1 saturated heterocycles. The monoisotopic (exact) mass is 275 g/mol. The Bertz CT molecular complexity index is 537. The Balaban J connectivity index is 2.37. The summed E-state index contributed by atoms with van der Waals surface area (Å²) in [5, 5.41) is 0. The molecule has 0 spiro atoms. The number of carbonyl (C=O) groups is 1. The van der Waals surface area contributed by atoms with Crippen molar-refractivity contribution in [2.45, 2.75) is 19.9 Å². The summed E-state index contributed by atoms with van der Waals surface area (Å²) < 4.78 is 10.6. The number of ether oxygens (including phenoxy) is 2. The minimum absolute atomic E-state index is 0.0350.